The highest BCUT2D eigenvalue weighted by molar-refractivity contribution is 5.43. The first-order valence-electron chi connectivity index (χ1n) is 6.12. The molecule has 0 amide bonds. The summed E-state index contributed by atoms with van der Waals surface area (Å²) in [5.74, 6) is 0.847. The Bertz CT molecular complexity index is 660. The summed E-state index contributed by atoms with van der Waals surface area (Å²) in [6.07, 6.45) is 1.77. The maximum absolute atomic E-state index is 12.0. The Balaban J connectivity index is 2.34. The van der Waals surface area contributed by atoms with Gasteiger partial charge >= 0.3 is 0 Å². The maximum atomic E-state index is 12.0. The average Bonchev–Trinajstić information content (AvgIpc) is 2.40. The van der Waals surface area contributed by atoms with Gasteiger partial charge in [-0.05, 0) is 42.7 Å². The Labute approximate surface area is 112 Å². The summed E-state index contributed by atoms with van der Waals surface area (Å²) in [5.41, 5.74) is 8.83. The van der Waals surface area contributed by atoms with Gasteiger partial charge in [-0.2, -0.15) is 0 Å². The molecule has 0 aliphatic heterocycles. The number of hydrogen-bond acceptors (Lipinski definition) is 3. The number of ether oxygens (including phenoxy) is 1. The first kappa shape index (κ1) is 13.2. The highest BCUT2D eigenvalue weighted by Crippen LogP contribution is 2.18. The second-order valence-electron chi connectivity index (χ2n) is 4.65. The predicted molar refractivity (Wildman–Crippen MR) is 76.7 cm³/mol. The third kappa shape index (κ3) is 2.62. The summed E-state index contributed by atoms with van der Waals surface area (Å²) < 4.78 is 6.83. The summed E-state index contributed by atoms with van der Waals surface area (Å²) in [6, 6.07) is 7.73. The number of nitrogens with two attached hydrogens (primary N) is 1. The highest BCUT2D eigenvalue weighted by atomic mass is 16.5. The van der Waals surface area contributed by atoms with Crippen LogP contribution in [-0.2, 0) is 6.54 Å². The van der Waals surface area contributed by atoms with Gasteiger partial charge in [-0.15, -0.1) is 0 Å². The van der Waals surface area contributed by atoms with Crippen molar-refractivity contribution in [2.45, 2.75) is 20.4 Å². The molecule has 1 aromatic heterocycles. The summed E-state index contributed by atoms with van der Waals surface area (Å²) in [6.45, 7) is 4.32. The van der Waals surface area contributed by atoms with Crippen molar-refractivity contribution in [2.24, 2.45) is 0 Å². The summed E-state index contributed by atoms with van der Waals surface area (Å²) >= 11 is 0. The minimum Gasteiger partial charge on any atom is -0.496 e. The number of nitrogens with zero attached hydrogens (tertiary/aromatic N) is 1. The second-order valence-corrected chi connectivity index (χ2v) is 4.65. The Kier molecular flexibility index (Phi) is 3.60. The van der Waals surface area contributed by atoms with Gasteiger partial charge in [0.2, 0.25) is 0 Å². The largest absolute Gasteiger partial charge is 0.496 e. The van der Waals surface area contributed by atoms with Crippen molar-refractivity contribution in [2.75, 3.05) is 12.8 Å². The molecule has 2 rings (SSSR count). The molecule has 4 nitrogen and oxygen atoms in total. The summed E-state index contributed by atoms with van der Waals surface area (Å²) in [7, 11) is 1.65. The van der Waals surface area contributed by atoms with Crippen molar-refractivity contribution in [3.05, 3.63) is 57.5 Å². The molecule has 0 atom stereocenters. The van der Waals surface area contributed by atoms with Gasteiger partial charge in [0.25, 0.3) is 5.56 Å². The molecule has 0 radical (unpaired) electrons. The number of hydrogen-bond donors (Lipinski definition) is 1. The number of nitrogen functional groups attached to an aromatic ring is 1. The van der Waals surface area contributed by atoms with Gasteiger partial charge in [0, 0.05) is 6.20 Å². The molecule has 0 spiro atoms. The zero-order chi connectivity index (χ0) is 14.0. The van der Waals surface area contributed by atoms with E-state index in [1.54, 1.807) is 17.9 Å². The van der Waals surface area contributed by atoms with E-state index >= 15 is 0 Å². The number of rotatable bonds is 3. The van der Waals surface area contributed by atoms with Crippen LogP contribution in [0, 0.1) is 13.8 Å². The standard InChI is InChI=1S/C15H18N2O2/c1-10-6-7-17(15(18)14(10)16)9-12-4-5-13(19-3)11(2)8-12/h4-8H,9,16H2,1-3H3. The lowest BCUT2D eigenvalue weighted by atomic mass is 10.1. The average molecular weight is 258 g/mol. The van der Waals surface area contributed by atoms with Gasteiger partial charge in [0.05, 0.1) is 13.7 Å². The first-order valence-corrected chi connectivity index (χ1v) is 6.12. The molecule has 100 valence electrons. The van der Waals surface area contributed by atoms with Crippen LogP contribution in [0.1, 0.15) is 16.7 Å². The Morgan fingerprint density at radius 3 is 2.58 bits per heavy atom. The lowest BCUT2D eigenvalue weighted by Gasteiger charge is -2.10. The van der Waals surface area contributed by atoms with Gasteiger partial charge < -0.3 is 15.0 Å². The van der Waals surface area contributed by atoms with E-state index in [0.29, 0.717) is 12.2 Å². The molecule has 1 aromatic carbocycles. The second kappa shape index (κ2) is 5.18. The van der Waals surface area contributed by atoms with Crippen LogP contribution in [0.4, 0.5) is 5.69 Å². The van der Waals surface area contributed by atoms with Crippen molar-refractivity contribution in [3.63, 3.8) is 0 Å². The Morgan fingerprint density at radius 1 is 1.21 bits per heavy atom. The molecule has 0 aliphatic carbocycles. The fourth-order valence-corrected chi connectivity index (χ4v) is 2.04. The SMILES string of the molecule is COc1ccc(Cn2ccc(C)c(N)c2=O)cc1C. The number of methoxy groups -OCH3 is 1. The quantitative estimate of drug-likeness (QED) is 0.917. The number of aryl methyl sites for hydroxylation is 2. The highest BCUT2D eigenvalue weighted by Gasteiger charge is 2.05. The van der Waals surface area contributed by atoms with Crippen LogP contribution >= 0.6 is 0 Å². The van der Waals surface area contributed by atoms with Gasteiger partial charge in [-0.3, -0.25) is 4.79 Å². The third-order valence-corrected chi connectivity index (χ3v) is 3.23. The van der Waals surface area contributed by atoms with Crippen molar-refractivity contribution in [1.29, 1.82) is 0 Å². The predicted octanol–water partition coefficient (Wildman–Crippen LogP) is 2.10. The lowest BCUT2D eigenvalue weighted by molar-refractivity contribution is 0.411. The molecule has 0 saturated heterocycles. The van der Waals surface area contributed by atoms with E-state index in [0.717, 1.165) is 22.4 Å². The van der Waals surface area contributed by atoms with E-state index in [-0.39, 0.29) is 5.56 Å². The van der Waals surface area contributed by atoms with Crippen molar-refractivity contribution in [1.82, 2.24) is 4.57 Å². The molecular formula is C15H18N2O2. The molecule has 1 heterocycles. The number of benzene rings is 1. The van der Waals surface area contributed by atoms with Gasteiger partial charge in [-0.25, -0.2) is 0 Å². The van der Waals surface area contributed by atoms with E-state index in [2.05, 4.69) is 0 Å². The van der Waals surface area contributed by atoms with Gasteiger partial charge in [0.1, 0.15) is 11.4 Å². The zero-order valence-electron chi connectivity index (χ0n) is 11.4. The van der Waals surface area contributed by atoms with Crippen LogP contribution in [0.25, 0.3) is 0 Å². The smallest absolute Gasteiger partial charge is 0.274 e. The molecule has 2 aromatic rings. The topological polar surface area (TPSA) is 57.2 Å². The van der Waals surface area contributed by atoms with E-state index in [1.807, 2.05) is 38.1 Å². The van der Waals surface area contributed by atoms with Gasteiger partial charge in [-0.1, -0.05) is 12.1 Å². The van der Waals surface area contributed by atoms with Crippen molar-refractivity contribution < 1.29 is 4.74 Å². The molecule has 0 fully saturated rings. The third-order valence-electron chi connectivity index (χ3n) is 3.23. The van der Waals surface area contributed by atoms with Crippen LogP contribution < -0.4 is 16.0 Å². The zero-order valence-corrected chi connectivity index (χ0v) is 11.4. The number of pyridine rings is 1. The summed E-state index contributed by atoms with van der Waals surface area (Å²) in [5, 5.41) is 0. The number of aromatic nitrogens is 1. The van der Waals surface area contributed by atoms with E-state index in [4.69, 9.17) is 10.5 Å². The van der Waals surface area contributed by atoms with Crippen LogP contribution in [0.5, 0.6) is 5.75 Å². The van der Waals surface area contributed by atoms with Gasteiger partial charge in [0.15, 0.2) is 0 Å². The minimum absolute atomic E-state index is 0.145. The van der Waals surface area contributed by atoms with Crippen LogP contribution in [-0.4, -0.2) is 11.7 Å². The minimum atomic E-state index is -0.145. The molecule has 19 heavy (non-hydrogen) atoms. The van der Waals surface area contributed by atoms with E-state index in [9.17, 15) is 4.79 Å². The summed E-state index contributed by atoms with van der Waals surface area (Å²) in [4.78, 5) is 12.0. The lowest BCUT2D eigenvalue weighted by Crippen LogP contribution is -2.23. The van der Waals surface area contributed by atoms with E-state index in [1.165, 1.54) is 0 Å². The van der Waals surface area contributed by atoms with Crippen LogP contribution in [0.2, 0.25) is 0 Å². The molecule has 4 heteroatoms. The molecule has 0 aliphatic rings. The van der Waals surface area contributed by atoms with Crippen LogP contribution in [0.15, 0.2) is 35.3 Å². The first-order chi connectivity index (χ1) is 9.02. The number of anilines is 1. The van der Waals surface area contributed by atoms with Crippen molar-refractivity contribution in [3.8, 4) is 5.75 Å². The van der Waals surface area contributed by atoms with E-state index < -0.39 is 0 Å². The Hall–Kier alpha value is -2.23. The molecule has 0 saturated carbocycles. The Morgan fingerprint density at radius 2 is 1.95 bits per heavy atom. The normalized spacial score (nSPS) is 10.5. The monoisotopic (exact) mass is 258 g/mol. The molecule has 2 N–H and O–H groups in total. The molecule has 0 unspecified atom stereocenters. The molecular weight excluding hydrogens is 240 g/mol. The maximum Gasteiger partial charge on any atom is 0.274 e. The van der Waals surface area contributed by atoms with Crippen LogP contribution in [0.3, 0.4) is 0 Å². The van der Waals surface area contributed by atoms with Crippen molar-refractivity contribution >= 4 is 5.69 Å². The molecule has 0 bridgehead atoms. The fraction of sp³-hybridized carbons (Fsp3) is 0.267. The fourth-order valence-electron chi connectivity index (χ4n) is 2.04.